The number of aromatic nitrogens is 1. The van der Waals surface area contributed by atoms with Crippen molar-refractivity contribution in [3.05, 3.63) is 47.3 Å². The fraction of sp³-hybridized carbons (Fsp3) is 0.476. The Morgan fingerprint density at radius 2 is 1.66 bits per heavy atom. The molecule has 0 spiro atoms. The number of carbonyl (C=O) groups is 1. The van der Waals surface area contributed by atoms with Crippen LogP contribution >= 0.6 is 0 Å². The second kappa shape index (κ2) is 8.59. The van der Waals surface area contributed by atoms with Crippen molar-refractivity contribution in [1.82, 2.24) is 13.8 Å². The summed E-state index contributed by atoms with van der Waals surface area (Å²) in [6.45, 7) is 10.6. The molecule has 0 bridgehead atoms. The zero-order chi connectivity index (χ0) is 21.2. The van der Waals surface area contributed by atoms with E-state index in [1.807, 2.05) is 26.8 Å². The molecule has 7 nitrogen and oxygen atoms in total. The molecule has 1 aromatic carbocycles. The van der Waals surface area contributed by atoms with E-state index in [1.165, 1.54) is 4.31 Å². The van der Waals surface area contributed by atoms with E-state index in [4.69, 9.17) is 4.74 Å². The summed E-state index contributed by atoms with van der Waals surface area (Å²) in [5.74, 6) is 0.613. The van der Waals surface area contributed by atoms with Gasteiger partial charge in [-0.1, -0.05) is 0 Å². The van der Waals surface area contributed by atoms with Gasteiger partial charge in [0, 0.05) is 44.1 Å². The van der Waals surface area contributed by atoms with Gasteiger partial charge < -0.3 is 14.2 Å². The van der Waals surface area contributed by atoms with Crippen molar-refractivity contribution in [2.24, 2.45) is 0 Å². The number of sulfonamides is 1. The van der Waals surface area contributed by atoms with Gasteiger partial charge in [0.05, 0.1) is 17.1 Å². The van der Waals surface area contributed by atoms with E-state index in [9.17, 15) is 13.2 Å². The third-order valence-corrected chi connectivity index (χ3v) is 7.33. The fourth-order valence-electron chi connectivity index (χ4n) is 3.83. The number of nitrogens with zero attached hydrogens (tertiary/aromatic N) is 3. The largest absolute Gasteiger partial charge is 0.494 e. The molecule has 1 aromatic heterocycles. The Labute approximate surface area is 172 Å². The molecule has 1 saturated heterocycles. The maximum atomic E-state index is 13.0. The molecule has 1 amide bonds. The number of benzene rings is 1. The summed E-state index contributed by atoms with van der Waals surface area (Å²) in [4.78, 5) is 14.9. The van der Waals surface area contributed by atoms with E-state index in [1.54, 1.807) is 29.2 Å². The molecule has 3 rings (SSSR count). The molecule has 2 heterocycles. The van der Waals surface area contributed by atoms with Crippen LogP contribution in [0.15, 0.2) is 35.2 Å². The molecule has 0 saturated carbocycles. The van der Waals surface area contributed by atoms with Gasteiger partial charge in [-0.05, 0) is 58.0 Å². The van der Waals surface area contributed by atoms with Crippen LogP contribution in [-0.2, 0) is 16.6 Å². The molecule has 29 heavy (non-hydrogen) atoms. The lowest BCUT2D eigenvalue weighted by Gasteiger charge is -2.34. The Morgan fingerprint density at radius 1 is 1.03 bits per heavy atom. The molecular formula is C21H29N3O4S. The number of aryl methyl sites for hydroxylation is 1. The van der Waals surface area contributed by atoms with Crippen LogP contribution in [0.1, 0.15) is 35.6 Å². The quantitative estimate of drug-likeness (QED) is 0.722. The maximum Gasteiger partial charge on any atom is 0.255 e. The number of hydrogen-bond acceptors (Lipinski definition) is 4. The second-order valence-electron chi connectivity index (χ2n) is 7.13. The Hall–Kier alpha value is -2.32. The van der Waals surface area contributed by atoms with E-state index in [2.05, 4.69) is 11.5 Å². The summed E-state index contributed by atoms with van der Waals surface area (Å²) in [5.41, 5.74) is 2.72. The van der Waals surface area contributed by atoms with Crippen molar-refractivity contribution < 1.29 is 17.9 Å². The summed E-state index contributed by atoms with van der Waals surface area (Å²) < 4.78 is 34.8. The highest BCUT2D eigenvalue weighted by atomic mass is 32.2. The van der Waals surface area contributed by atoms with E-state index in [-0.39, 0.29) is 23.9 Å². The summed E-state index contributed by atoms with van der Waals surface area (Å²) in [6, 6.07) is 8.39. The SMILES string of the molecule is CCOc1ccc(S(=O)(=O)N2CCN(C(=O)c3cc(C)n(CC)c3C)CC2)cc1. The van der Waals surface area contributed by atoms with Crippen LogP contribution in [-0.4, -0.2) is 60.9 Å². The lowest BCUT2D eigenvalue weighted by atomic mass is 10.2. The van der Waals surface area contributed by atoms with Crippen LogP contribution in [0, 0.1) is 13.8 Å². The third kappa shape index (κ3) is 4.18. The minimum atomic E-state index is -3.59. The van der Waals surface area contributed by atoms with Crippen molar-refractivity contribution in [1.29, 1.82) is 0 Å². The average molecular weight is 420 g/mol. The van der Waals surface area contributed by atoms with Crippen LogP contribution in [0.3, 0.4) is 0 Å². The molecule has 0 aliphatic carbocycles. The standard InChI is InChI=1S/C21H29N3O4S/c1-5-24-16(3)15-20(17(24)4)21(25)22-11-13-23(14-12-22)29(26,27)19-9-7-18(8-10-19)28-6-2/h7-10,15H,5-6,11-14H2,1-4H3. The number of rotatable bonds is 6. The fourth-order valence-corrected chi connectivity index (χ4v) is 5.25. The summed E-state index contributed by atoms with van der Waals surface area (Å²) >= 11 is 0. The van der Waals surface area contributed by atoms with E-state index in [0.29, 0.717) is 31.0 Å². The smallest absolute Gasteiger partial charge is 0.255 e. The normalized spacial score (nSPS) is 15.5. The predicted octanol–water partition coefficient (Wildman–Crippen LogP) is 2.67. The molecule has 0 radical (unpaired) electrons. The Morgan fingerprint density at radius 3 is 2.17 bits per heavy atom. The molecule has 1 aliphatic rings. The average Bonchev–Trinajstić information content (AvgIpc) is 3.01. The van der Waals surface area contributed by atoms with Crippen molar-refractivity contribution in [2.45, 2.75) is 39.1 Å². The Balaban J connectivity index is 1.69. The number of hydrogen-bond donors (Lipinski definition) is 0. The molecule has 0 atom stereocenters. The van der Waals surface area contributed by atoms with Crippen molar-refractivity contribution in [3.8, 4) is 5.75 Å². The minimum Gasteiger partial charge on any atom is -0.494 e. The van der Waals surface area contributed by atoms with Crippen LogP contribution in [0.2, 0.25) is 0 Å². The van der Waals surface area contributed by atoms with Gasteiger partial charge in [-0.25, -0.2) is 8.42 Å². The number of piperazine rings is 1. The van der Waals surface area contributed by atoms with Gasteiger partial charge >= 0.3 is 0 Å². The first-order chi connectivity index (χ1) is 13.8. The zero-order valence-electron chi connectivity index (χ0n) is 17.5. The van der Waals surface area contributed by atoms with E-state index < -0.39 is 10.0 Å². The third-order valence-electron chi connectivity index (χ3n) is 5.42. The highest BCUT2D eigenvalue weighted by Gasteiger charge is 2.31. The molecule has 1 fully saturated rings. The number of ether oxygens (including phenoxy) is 1. The number of carbonyl (C=O) groups excluding carboxylic acids is 1. The van der Waals surface area contributed by atoms with Gasteiger partial charge in [0.15, 0.2) is 0 Å². The molecular weight excluding hydrogens is 390 g/mol. The lowest BCUT2D eigenvalue weighted by molar-refractivity contribution is 0.0697. The van der Waals surface area contributed by atoms with Crippen LogP contribution < -0.4 is 4.74 Å². The van der Waals surface area contributed by atoms with Gasteiger partial charge in [0.2, 0.25) is 10.0 Å². The van der Waals surface area contributed by atoms with Crippen LogP contribution in [0.25, 0.3) is 0 Å². The van der Waals surface area contributed by atoms with Gasteiger partial charge in [-0.3, -0.25) is 4.79 Å². The predicted molar refractivity (Wildman–Crippen MR) is 112 cm³/mol. The van der Waals surface area contributed by atoms with Crippen molar-refractivity contribution >= 4 is 15.9 Å². The summed E-state index contributed by atoms with van der Waals surface area (Å²) in [6.07, 6.45) is 0. The zero-order valence-corrected chi connectivity index (χ0v) is 18.3. The molecule has 8 heteroatoms. The van der Waals surface area contributed by atoms with Crippen molar-refractivity contribution in [2.75, 3.05) is 32.8 Å². The summed E-state index contributed by atoms with van der Waals surface area (Å²) in [5, 5.41) is 0. The maximum absolute atomic E-state index is 13.0. The Bertz CT molecular complexity index is 972. The first-order valence-corrected chi connectivity index (χ1v) is 11.4. The second-order valence-corrected chi connectivity index (χ2v) is 9.07. The molecule has 1 aliphatic heterocycles. The highest BCUT2D eigenvalue weighted by molar-refractivity contribution is 7.89. The van der Waals surface area contributed by atoms with Gasteiger partial charge in [-0.2, -0.15) is 4.31 Å². The Kier molecular flexibility index (Phi) is 6.33. The van der Waals surface area contributed by atoms with Crippen LogP contribution in [0.4, 0.5) is 0 Å². The topological polar surface area (TPSA) is 71.9 Å². The minimum absolute atomic E-state index is 0.0316. The van der Waals surface area contributed by atoms with Crippen molar-refractivity contribution in [3.63, 3.8) is 0 Å². The van der Waals surface area contributed by atoms with E-state index >= 15 is 0 Å². The molecule has 0 N–H and O–H groups in total. The van der Waals surface area contributed by atoms with E-state index in [0.717, 1.165) is 17.9 Å². The first kappa shape index (κ1) is 21.4. The molecule has 158 valence electrons. The monoisotopic (exact) mass is 419 g/mol. The van der Waals surface area contributed by atoms with Gasteiger partial charge in [-0.15, -0.1) is 0 Å². The summed E-state index contributed by atoms with van der Waals surface area (Å²) in [7, 11) is -3.59. The molecule has 0 unspecified atom stereocenters. The molecule has 2 aromatic rings. The number of amides is 1. The first-order valence-electron chi connectivity index (χ1n) is 9.98. The highest BCUT2D eigenvalue weighted by Crippen LogP contribution is 2.22. The lowest BCUT2D eigenvalue weighted by Crippen LogP contribution is -2.50. The van der Waals surface area contributed by atoms with Gasteiger partial charge in [0.25, 0.3) is 5.91 Å². The van der Waals surface area contributed by atoms with Gasteiger partial charge in [0.1, 0.15) is 5.75 Å². The van der Waals surface area contributed by atoms with Crippen LogP contribution in [0.5, 0.6) is 5.75 Å².